The van der Waals surface area contributed by atoms with Gasteiger partial charge in [0.15, 0.2) is 0 Å². The van der Waals surface area contributed by atoms with E-state index in [0.717, 1.165) is 4.90 Å². The third kappa shape index (κ3) is 9.90. The van der Waals surface area contributed by atoms with E-state index in [1.54, 1.807) is 0 Å². The fourth-order valence-electron chi connectivity index (χ4n) is 1.96. The van der Waals surface area contributed by atoms with E-state index in [4.69, 9.17) is 24.1 Å². The number of rotatable bonds is 16. The highest BCUT2D eigenvalue weighted by Crippen LogP contribution is 2.02. The van der Waals surface area contributed by atoms with Gasteiger partial charge in [0.25, 0.3) is 11.8 Å². The molecule has 28 heavy (non-hydrogen) atoms. The van der Waals surface area contributed by atoms with Gasteiger partial charge < -0.3 is 24.1 Å². The van der Waals surface area contributed by atoms with Crippen molar-refractivity contribution in [3.63, 3.8) is 0 Å². The van der Waals surface area contributed by atoms with Crippen LogP contribution in [0.1, 0.15) is 12.8 Å². The van der Waals surface area contributed by atoms with E-state index >= 15 is 0 Å². The molecule has 1 heterocycles. The lowest BCUT2D eigenvalue weighted by atomic mass is 10.2. The normalized spacial score (nSPS) is 13.2. The lowest BCUT2D eigenvalue weighted by molar-refractivity contribution is -0.151. The molecule has 1 aliphatic rings. The van der Waals surface area contributed by atoms with Gasteiger partial charge in [-0.15, -0.1) is 0 Å². The van der Waals surface area contributed by atoms with Crippen molar-refractivity contribution >= 4 is 29.5 Å². The Labute approximate surface area is 161 Å². The van der Waals surface area contributed by atoms with Gasteiger partial charge in [-0.2, -0.15) is 0 Å². The van der Waals surface area contributed by atoms with Crippen LogP contribution in [0.5, 0.6) is 0 Å². The number of aliphatic carboxylic acids is 1. The molecule has 2 amide bonds. The Balaban J connectivity index is 1.83. The Morgan fingerprint density at radius 3 is 1.82 bits per heavy atom. The molecule has 0 aromatic rings. The monoisotopic (exact) mass is 401 g/mol. The van der Waals surface area contributed by atoms with Crippen molar-refractivity contribution < 1.29 is 48.0 Å². The van der Waals surface area contributed by atoms with Crippen LogP contribution in [0.2, 0.25) is 0 Å². The standard InChI is InChI=1S/C17H23NO10/c19-13(17(23)24)1-4-16(22)28-12-11-27-10-9-26-8-7-25-6-5-18-14(20)2-3-15(18)21/h2-3H,1,4-12H2,(H,23,24). The van der Waals surface area contributed by atoms with E-state index in [-0.39, 0.29) is 51.2 Å². The van der Waals surface area contributed by atoms with Crippen LogP contribution in [0.15, 0.2) is 12.2 Å². The number of carbonyl (C=O) groups is 5. The van der Waals surface area contributed by atoms with Gasteiger partial charge in [-0.3, -0.25) is 24.1 Å². The predicted octanol–water partition coefficient (Wildman–Crippen LogP) is -1.06. The first-order valence-electron chi connectivity index (χ1n) is 8.60. The van der Waals surface area contributed by atoms with E-state index in [0.29, 0.717) is 19.8 Å². The molecule has 0 saturated carbocycles. The molecule has 11 nitrogen and oxygen atoms in total. The summed E-state index contributed by atoms with van der Waals surface area (Å²) in [5.41, 5.74) is 0. The van der Waals surface area contributed by atoms with Crippen LogP contribution in [-0.2, 0) is 42.9 Å². The number of hydrogen-bond acceptors (Lipinski definition) is 9. The predicted molar refractivity (Wildman–Crippen MR) is 91.2 cm³/mol. The van der Waals surface area contributed by atoms with Crippen LogP contribution in [0.3, 0.4) is 0 Å². The molecule has 0 saturated heterocycles. The maximum Gasteiger partial charge on any atom is 0.372 e. The molecule has 0 fully saturated rings. The minimum absolute atomic E-state index is 0.00793. The molecule has 0 radical (unpaired) electrons. The van der Waals surface area contributed by atoms with Gasteiger partial charge in [0.2, 0.25) is 5.78 Å². The molecular formula is C17H23NO10. The third-order valence-corrected chi connectivity index (χ3v) is 3.39. The average molecular weight is 401 g/mol. The van der Waals surface area contributed by atoms with Crippen LogP contribution in [0.4, 0.5) is 0 Å². The molecule has 156 valence electrons. The van der Waals surface area contributed by atoms with Gasteiger partial charge in [-0.05, 0) is 0 Å². The Kier molecular flexibility index (Phi) is 11.3. The zero-order chi connectivity index (χ0) is 20.8. The smallest absolute Gasteiger partial charge is 0.372 e. The highest BCUT2D eigenvalue weighted by Gasteiger charge is 2.22. The van der Waals surface area contributed by atoms with Gasteiger partial charge in [0, 0.05) is 18.6 Å². The van der Waals surface area contributed by atoms with Crippen LogP contribution < -0.4 is 0 Å². The van der Waals surface area contributed by atoms with E-state index in [2.05, 4.69) is 0 Å². The van der Waals surface area contributed by atoms with E-state index in [9.17, 15) is 24.0 Å². The fraction of sp³-hybridized carbons (Fsp3) is 0.588. The van der Waals surface area contributed by atoms with Crippen molar-refractivity contribution in [3.05, 3.63) is 12.2 Å². The Hall–Kier alpha value is -2.63. The summed E-state index contributed by atoms with van der Waals surface area (Å²) in [6.45, 7) is 1.75. The molecule has 0 aromatic carbocycles. The summed E-state index contributed by atoms with van der Waals surface area (Å²) in [7, 11) is 0. The number of nitrogens with zero attached hydrogens (tertiary/aromatic N) is 1. The number of carboxylic acids is 1. The second-order valence-electron chi connectivity index (χ2n) is 5.45. The molecule has 1 N–H and O–H groups in total. The zero-order valence-corrected chi connectivity index (χ0v) is 15.3. The quantitative estimate of drug-likeness (QED) is 0.147. The molecule has 0 spiro atoms. The highest BCUT2D eigenvalue weighted by atomic mass is 16.6. The van der Waals surface area contributed by atoms with Gasteiger partial charge in [-0.1, -0.05) is 0 Å². The van der Waals surface area contributed by atoms with Crippen molar-refractivity contribution in [1.29, 1.82) is 0 Å². The highest BCUT2D eigenvalue weighted by molar-refractivity contribution is 6.32. The number of ether oxygens (including phenoxy) is 4. The lowest BCUT2D eigenvalue weighted by Crippen LogP contribution is -2.33. The molecule has 1 rings (SSSR count). The number of hydrogen-bond donors (Lipinski definition) is 1. The van der Waals surface area contributed by atoms with E-state index < -0.39 is 24.1 Å². The van der Waals surface area contributed by atoms with Crippen LogP contribution in [0, 0.1) is 0 Å². The second-order valence-corrected chi connectivity index (χ2v) is 5.45. The fourth-order valence-corrected chi connectivity index (χ4v) is 1.96. The molecule has 11 heteroatoms. The van der Waals surface area contributed by atoms with Crippen molar-refractivity contribution in [2.45, 2.75) is 12.8 Å². The number of Topliss-reactive ketones (excluding diaryl/α,β-unsaturated/α-hetero) is 1. The van der Waals surface area contributed by atoms with Crippen LogP contribution >= 0.6 is 0 Å². The summed E-state index contributed by atoms with van der Waals surface area (Å²) in [4.78, 5) is 56.0. The number of carbonyl (C=O) groups excluding carboxylic acids is 4. The number of carboxylic acid groups (broad SMARTS) is 1. The summed E-state index contributed by atoms with van der Waals surface area (Å²) in [5, 5.41) is 8.37. The molecule has 0 unspecified atom stereocenters. The summed E-state index contributed by atoms with van der Waals surface area (Å²) < 4.78 is 20.5. The van der Waals surface area contributed by atoms with Gasteiger partial charge >= 0.3 is 11.9 Å². The van der Waals surface area contributed by atoms with E-state index in [1.165, 1.54) is 12.2 Å². The number of amides is 2. The van der Waals surface area contributed by atoms with Crippen molar-refractivity contribution in [2.24, 2.45) is 0 Å². The maximum absolute atomic E-state index is 11.3. The van der Waals surface area contributed by atoms with Crippen LogP contribution in [0.25, 0.3) is 0 Å². The van der Waals surface area contributed by atoms with E-state index in [1.807, 2.05) is 0 Å². The summed E-state index contributed by atoms with van der Waals surface area (Å²) in [6.07, 6.45) is 1.75. The van der Waals surface area contributed by atoms with Crippen molar-refractivity contribution in [2.75, 3.05) is 52.8 Å². The van der Waals surface area contributed by atoms with Gasteiger partial charge in [-0.25, -0.2) is 4.79 Å². The van der Waals surface area contributed by atoms with Crippen LogP contribution in [-0.4, -0.2) is 92.3 Å². The SMILES string of the molecule is O=C(CCC(=O)C(=O)O)OCCOCCOCCOCCN1C(=O)C=CC1=O. The third-order valence-electron chi connectivity index (χ3n) is 3.39. The molecule has 0 atom stereocenters. The Bertz CT molecular complexity index is 583. The first kappa shape index (κ1) is 23.4. The largest absolute Gasteiger partial charge is 0.476 e. The maximum atomic E-state index is 11.3. The van der Waals surface area contributed by atoms with Gasteiger partial charge in [0.05, 0.1) is 52.6 Å². The second kappa shape index (κ2) is 13.5. The lowest BCUT2D eigenvalue weighted by Gasteiger charge is -2.13. The van der Waals surface area contributed by atoms with Crippen molar-refractivity contribution in [1.82, 2.24) is 4.90 Å². The molecule has 0 aromatic heterocycles. The number of esters is 1. The molecule has 1 aliphatic heterocycles. The minimum atomic E-state index is -1.57. The average Bonchev–Trinajstić information content (AvgIpc) is 2.98. The first-order valence-corrected chi connectivity index (χ1v) is 8.60. The first-order chi connectivity index (χ1) is 13.4. The molecule has 0 bridgehead atoms. The number of imide groups is 1. The Morgan fingerprint density at radius 1 is 0.786 bits per heavy atom. The molecule has 0 aliphatic carbocycles. The molecular weight excluding hydrogens is 378 g/mol. The summed E-state index contributed by atoms with van der Waals surface area (Å²) in [6, 6.07) is 0. The summed E-state index contributed by atoms with van der Waals surface area (Å²) in [5.74, 6) is -3.97. The Morgan fingerprint density at radius 2 is 1.29 bits per heavy atom. The minimum Gasteiger partial charge on any atom is -0.476 e. The van der Waals surface area contributed by atoms with Gasteiger partial charge in [0.1, 0.15) is 6.61 Å². The summed E-state index contributed by atoms with van der Waals surface area (Å²) >= 11 is 0. The number of ketones is 1. The van der Waals surface area contributed by atoms with Crippen molar-refractivity contribution in [3.8, 4) is 0 Å². The zero-order valence-electron chi connectivity index (χ0n) is 15.3. The topological polar surface area (TPSA) is 146 Å².